The van der Waals surface area contributed by atoms with Crippen molar-refractivity contribution in [3.63, 3.8) is 0 Å². The Balaban J connectivity index is 2.61. The first-order valence-corrected chi connectivity index (χ1v) is 5.00. The number of esters is 1. The largest absolute Gasteiger partial charge is 0.462 e. The molecule has 0 saturated heterocycles. The number of rotatable bonds is 3. The molecule has 0 heterocycles. The van der Waals surface area contributed by atoms with Crippen LogP contribution in [0.15, 0.2) is 29.2 Å². The monoisotopic (exact) mass is 210 g/mol. The van der Waals surface area contributed by atoms with Crippen LogP contribution in [0.4, 0.5) is 0 Å². The summed E-state index contributed by atoms with van der Waals surface area (Å²) in [7, 11) is 0. The molecule has 0 amide bonds. The molecule has 0 aliphatic rings. The maximum atomic E-state index is 11.4. The summed E-state index contributed by atoms with van der Waals surface area (Å²) in [6, 6.07) is 7.03. The van der Waals surface area contributed by atoms with Gasteiger partial charge >= 0.3 is 5.97 Å². The molecule has 1 rings (SSSR count). The Morgan fingerprint density at radius 1 is 1.50 bits per heavy atom. The van der Waals surface area contributed by atoms with Crippen LogP contribution in [-0.4, -0.2) is 12.6 Å². The maximum Gasteiger partial charge on any atom is 0.338 e. The van der Waals surface area contributed by atoms with Gasteiger partial charge in [0.2, 0.25) is 0 Å². The minimum Gasteiger partial charge on any atom is -0.462 e. The van der Waals surface area contributed by atoms with Gasteiger partial charge in [0.25, 0.3) is 0 Å². The van der Waals surface area contributed by atoms with Crippen LogP contribution in [-0.2, 0) is 4.74 Å². The Morgan fingerprint density at radius 3 is 2.79 bits per heavy atom. The van der Waals surface area contributed by atoms with Crippen molar-refractivity contribution in [1.82, 2.24) is 0 Å². The zero-order chi connectivity index (χ0) is 10.6. The highest BCUT2D eigenvalue weighted by atomic mass is 32.1. The van der Waals surface area contributed by atoms with Crippen molar-refractivity contribution in [2.75, 3.05) is 6.61 Å². The summed E-state index contributed by atoms with van der Waals surface area (Å²) in [6.07, 6.45) is 0. The highest BCUT2D eigenvalue weighted by Gasteiger charge is 2.07. The zero-order valence-electron chi connectivity index (χ0n) is 8.36. The second kappa shape index (κ2) is 5.05. The minimum atomic E-state index is -0.283. The molecule has 0 radical (unpaired) electrons. The van der Waals surface area contributed by atoms with Gasteiger partial charge in [0.15, 0.2) is 0 Å². The fraction of sp³-hybridized carbons (Fsp3) is 0.364. The van der Waals surface area contributed by atoms with Gasteiger partial charge in [-0.05, 0) is 24.1 Å². The van der Waals surface area contributed by atoms with E-state index in [0.29, 0.717) is 18.1 Å². The van der Waals surface area contributed by atoms with Crippen molar-refractivity contribution < 1.29 is 9.53 Å². The predicted octanol–water partition coefficient (Wildman–Crippen LogP) is 2.79. The number of carbonyl (C=O) groups is 1. The lowest BCUT2D eigenvalue weighted by Gasteiger charge is -2.06. The first-order chi connectivity index (χ1) is 6.59. The molecule has 14 heavy (non-hydrogen) atoms. The lowest BCUT2D eigenvalue weighted by molar-refractivity contribution is 0.0458. The highest BCUT2D eigenvalue weighted by Crippen LogP contribution is 2.10. The van der Waals surface area contributed by atoms with Crippen molar-refractivity contribution in [1.29, 1.82) is 0 Å². The lowest BCUT2D eigenvalue weighted by Crippen LogP contribution is -2.09. The van der Waals surface area contributed by atoms with Gasteiger partial charge in [-0.2, -0.15) is 0 Å². The third-order valence-electron chi connectivity index (χ3n) is 1.63. The maximum absolute atomic E-state index is 11.4. The molecule has 0 aliphatic heterocycles. The first kappa shape index (κ1) is 11.1. The second-order valence-electron chi connectivity index (χ2n) is 3.54. The summed E-state index contributed by atoms with van der Waals surface area (Å²) in [5, 5.41) is 0. The summed E-state index contributed by atoms with van der Waals surface area (Å²) < 4.78 is 5.07. The van der Waals surface area contributed by atoms with Crippen LogP contribution in [0.25, 0.3) is 0 Å². The Labute approximate surface area is 89.7 Å². The van der Waals surface area contributed by atoms with E-state index in [1.54, 1.807) is 18.2 Å². The SMILES string of the molecule is CC(C)COC(=O)c1cccc(S)c1. The summed E-state index contributed by atoms with van der Waals surface area (Å²) in [4.78, 5) is 12.2. The first-order valence-electron chi connectivity index (χ1n) is 4.55. The van der Waals surface area contributed by atoms with Gasteiger partial charge in [-0.25, -0.2) is 4.79 Å². The van der Waals surface area contributed by atoms with Gasteiger partial charge in [-0.1, -0.05) is 19.9 Å². The summed E-state index contributed by atoms with van der Waals surface area (Å²) in [6.45, 7) is 4.46. The number of hydrogen-bond donors (Lipinski definition) is 1. The standard InChI is InChI=1S/C11H14O2S/c1-8(2)7-13-11(12)9-4-3-5-10(14)6-9/h3-6,8,14H,7H2,1-2H3. The number of thiol groups is 1. The Bertz CT molecular complexity index is 321. The molecule has 0 saturated carbocycles. The molecular weight excluding hydrogens is 196 g/mol. The van der Waals surface area contributed by atoms with Crippen LogP contribution in [0.2, 0.25) is 0 Å². The van der Waals surface area contributed by atoms with E-state index in [-0.39, 0.29) is 5.97 Å². The summed E-state index contributed by atoms with van der Waals surface area (Å²) in [5.41, 5.74) is 0.554. The molecule has 0 unspecified atom stereocenters. The molecule has 1 aromatic rings. The van der Waals surface area contributed by atoms with Crippen LogP contribution in [0.3, 0.4) is 0 Å². The van der Waals surface area contributed by atoms with E-state index in [2.05, 4.69) is 12.6 Å². The average Bonchev–Trinajstić information content (AvgIpc) is 2.14. The topological polar surface area (TPSA) is 26.3 Å². The number of ether oxygens (including phenoxy) is 1. The molecule has 2 nitrogen and oxygen atoms in total. The van der Waals surface area contributed by atoms with Crippen LogP contribution in [0.5, 0.6) is 0 Å². The van der Waals surface area contributed by atoms with Gasteiger partial charge in [0.05, 0.1) is 12.2 Å². The second-order valence-corrected chi connectivity index (χ2v) is 4.06. The Hall–Kier alpha value is -0.960. The minimum absolute atomic E-state index is 0.283. The van der Waals surface area contributed by atoms with Gasteiger partial charge in [0, 0.05) is 4.90 Å². The van der Waals surface area contributed by atoms with Gasteiger partial charge in [-0.15, -0.1) is 12.6 Å². The van der Waals surface area contributed by atoms with E-state index in [4.69, 9.17) is 4.74 Å². The van der Waals surface area contributed by atoms with Crippen molar-refractivity contribution in [2.45, 2.75) is 18.7 Å². The number of carbonyl (C=O) groups excluding carboxylic acids is 1. The highest BCUT2D eigenvalue weighted by molar-refractivity contribution is 7.80. The van der Waals surface area contributed by atoms with E-state index in [1.165, 1.54) is 0 Å². The molecule has 0 aliphatic carbocycles. The van der Waals surface area contributed by atoms with Crippen molar-refractivity contribution >= 4 is 18.6 Å². The van der Waals surface area contributed by atoms with Crippen molar-refractivity contribution in [3.05, 3.63) is 29.8 Å². The third kappa shape index (κ3) is 3.42. The summed E-state index contributed by atoms with van der Waals surface area (Å²) >= 11 is 4.15. The normalized spacial score (nSPS) is 10.3. The Kier molecular flexibility index (Phi) is 4.01. The van der Waals surface area contributed by atoms with Crippen LogP contribution < -0.4 is 0 Å². The van der Waals surface area contributed by atoms with Gasteiger partial charge < -0.3 is 4.74 Å². The van der Waals surface area contributed by atoms with E-state index < -0.39 is 0 Å². The molecular formula is C11H14O2S. The van der Waals surface area contributed by atoms with Crippen LogP contribution in [0, 0.1) is 5.92 Å². The fourth-order valence-corrected chi connectivity index (χ4v) is 1.18. The fourth-order valence-electron chi connectivity index (χ4n) is 0.959. The summed E-state index contributed by atoms with van der Waals surface area (Å²) in [5.74, 6) is 0.0766. The molecule has 0 spiro atoms. The molecule has 1 aromatic carbocycles. The van der Waals surface area contributed by atoms with Gasteiger partial charge in [0.1, 0.15) is 0 Å². The molecule has 3 heteroatoms. The zero-order valence-corrected chi connectivity index (χ0v) is 9.25. The number of hydrogen-bond acceptors (Lipinski definition) is 3. The van der Waals surface area contributed by atoms with E-state index in [9.17, 15) is 4.79 Å². The average molecular weight is 210 g/mol. The smallest absolute Gasteiger partial charge is 0.338 e. The molecule has 0 fully saturated rings. The van der Waals surface area contributed by atoms with Crippen molar-refractivity contribution in [2.24, 2.45) is 5.92 Å². The van der Waals surface area contributed by atoms with E-state index in [1.807, 2.05) is 19.9 Å². The molecule has 0 atom stereocenters. The van der Waals surface area contributed by atoms with Crippen LogP contribution in [0.1, 0.15) is 24.2 Å². The lowest BCUT2D eigenvalue weighted by atomic mass is 10.2. The quantitative estimate of drug-likeness (QED) is 0.613. The van der Waals surface area contributed by atoms with E-state index >= 15 is 0 Å². The Morgan fingerprint density at radius 2 is 2.21 bits per heavy atom. The molecule has 0 bridgehead atoms. The molecule has 76 valence electrons. The van der Waals surface area contributed by atoms with E-state index in [0.717, 1.165) is 4.90 Å². The number of benzene rings is 1. The third-order valence-corrected chi connectivity index (χ3v) is 1.91. The predicted molar refractivity (Wildman–Crippen MR) is 58.8 cm³/mol. The molecule has 0 aromatic heterocycles. The van der Waals surface area contributed by atoms with Gasteiger partial charge in [-0.3, -0.25) is 0 Å². The van der Waals surface area contributed by atoms with Crippen LogP contribution >= 0.6 is 12.6 Å². The van der Waals surface area contributed by atoms with Crippen molar-refractivity contribution in [3.8, 4) is 0 Å². The molecule has 0 N–H and O–H groups in total.